The van der Waals surface area contributed by atoms with Gasteiger partial charge in [0.2, 0.25) is 0 Å². The minimum Gasteiger partial charge on any atom is -0.493 e. The average Bonchev–Trinajstić information content (AvgIpc) is 3.12. The number of methoxy groups -OCH3 is 1. The molecule has 1 aromatic heterocycles. The number of benzene rings is 2. The maximum Gasteiger partial charge on any atom is 0.343 e. The van der Waals surface area contributed by atoms with Gasteiger partial charge in [-0.2, -0.15) is 5.26 Å². The Bertz CT molecular complexity index is 1010. The number of aromatic nitrogens is 1. The average molecular weight is 380 g/mol. The largest absolute Gasteiger partial charge is 0.493 e. The Morgan fingerprint density at radius 1 is 1.22 bits per heavy atom. The zero-order valence-corrected chi connectivity index (χ0v) is 15.6. The van der Waals surface area contributed by atoms with Gasteiger partial charge in [0.05, 0.1) is 35.0 Å². The number of hydrogen-bond donors (Lipinski definition) is 0. The van der Waals surface area contributed by atoms with Crippen LogP contribution in [-0.4, -0.2) is 18.1 Å². The SMILES string of the molecule is COc1cc(C#N)ccc1OC(=O)c1cccc(OCc2csc(C)n2)c1. The number of carbonyl (C=O) groups excluding carboxylic acids is 1. The molecule has 27 heavy (non-hydrogen) atoms. The second-order valence-corrected chi connectivity index (χ2v) is 6.60. The zero-order chi connectivity index (χ0) is 19.2. The summed E-state index contributed by atoms with van der Waals surface area (Å²) in [5.74, 6) is 0.550. The normalized spacial score (nSPS) is 10.1. The van der Waals surface area contributed by atoms with Crippen LogP contribution in [-0.2, 0) is 6.61 Å². The number of aryl methyl sites for hydroxylation is 1. The lowest BCUT2D eigenvalue weighted by Gasteiger charge is -2.10. The Morgan fingerprint density at radius 2 is 2.07 bits per heavy atom. The van der Waals surface area contributed by atoms with Crippen molar-refractivity contribution in [3.05, 3.63) is 69.7 Å². The Hall–Kier alpha value is -3.37. The molecule has 3 aromatic rings. The predicted octanol–water partition coefficient (Wildman–Crippen LogP) is 4.13. The fraction of sp³-hybridized carbons (Fsp3) is 0.150. The van der Waals surface area contributed by atoms with Crippen LogP contribution >= 0.6 is 11.3 Å². The van der Waals surface area contributed by atoms with E-state index in [1.807, 2.05) is 18.4 Å². The van der Waals surface area contributed by atoms with Crippen molar-refractivity contribution in [1.82, 2.24) is 4.98 Å². The van der Waals surface area contributed by atoms with Gasteiger partial charge in [0.15, 0.2) is 11.5 Å². The third-order valence-corrected chi connectivity index (χ3v) is 4.44. The quantitative estimate of drug-likeness (QED) is 0.472. The van der Waals surface area contributed by atoms with Gasteiger partial charge in [-0.25, -0.2) is 9.78 Å². The van der Waals surface area contributed by atoms with E-state index in [0.717, 1.165) is 10.7 Å². The fourth-order valence-corrected chi connectivity index (χ4v) is 2.92. The molecule has 0 saturated carbocycles. The number of esters is 1. The summed E-state index contributed by atoms with van der Waals surface area (Å²) in [5.41, 5.74) is 1.60. The standard InChI is InChI=1S/C20H16N2O4S/c1-13-22-16(12-27-13)11-25-17-5-3-4-15(9-17)20(23)26-18-7-6-14(10-21)8-19(18)24-2/h3-9,12H,11H2,1-2H3. The maximum atomic E-state index is 12.5. The van der Waals surface area contributed by atoms with Crippen molar-refractivity contribution in [2.45, 2.75) is 13.5 Å². The Kier molecular flexibility index (Phi) is 5.69. The minimum atomic E-state index is -0.548. The molecule has 0 bridgehead atoms. The number of nitrogens with zero attached hydrogens (tertiary/aromatic N) is 2. The van der Waals surface area contributed by atoms with E-state index in [0.29, 0.717) is 29.2 Å². The lowest BCUT2D eigenvalue weighted by molar-refractivity contribution is 0.0729. The molecule has 0 fully saturated rings. The van der Waals surface area contributed by atoms with Crippen molar-refractivity contribution in [2.24, 2.45) is 0 Å². The van der Waals surface area contributed by atoms with Crippen LogP contribution in [0.15, 0.2) is 47.8 Å². The van der Waals surface area contributed by atoms with Gasteiger partial charge in [0.1, 0.15) is 12.4 Å². The number of hydrogen-bond acceptors (Lipinski definition) is 7. The molecule has 0 unspecified atom stereocenters. The van der Waals surface area contributed by atoms with Crippen LogP contribution in [0.25, 0.3) is 0 Å². The van der Waals surface area contributed by atoms with Crippen molar-refractivity contribution in [2.75, 3.05) is 7.11 Å². The third kappa shape index (κ3) is 4.63. The zero-order valence-electron chi connectivity index (χ0n) is 14.8. The Morgan fingerprint density at radius 3 is 2.78 bits per heavy atom. The predicted molar refractivity (Wildman–Crippen MR) is 100 cm³/mol. The Balaban J connectivity index is 1.71. The van der Waals surface area contributed by atoms with E-state index in [9.17, 15) is 4.79 Å². The molecular weight excluding hydrogens is 364 g/mol. The van der Waals surface area contributed by atoms with E-state index in [1.54, 1.807) is 41.7 Å². The molecule has 7 heteroatoms. The van der Waals surface area contributed by atoms with Crippen LogP contribution in [0.1, 0.15) is 26.6 Å². The lowest BCUT2D eigenvalue weighted by atomic mass is 10.2. The topological polar surface area (TPSA) is 81.4 Å². The van der Waals surface area contributed by atoms with Crippen LogP contribution in [0.5, 0.6) is 17.2 Å². The number of ether oxygens (including phenoxy) is 3. The molecular formula is C20H16N2O4S. The molecule has 2 aromatic carbocycles. The molecule has 0 aliphatic rings. The summed E-state index contributed by atoms with van der Waals surface area (Å²) < 4.78 is 16.3. The molecule has 0 spiro atoms. The highest BCUT2D eigenvalue weighted by molar-refractivity contribution is 7.09. The molecule has 0 N–H and O–H groups in total. The van der Waals surface area contributed by atoms with E-state index in [1.165, 1.54) is 19.2 Å². The summed E-state index contributed by atoms with van der Waals surface area (Å²) in [4.78, 5) is 16.8. The van der Waals surface area contributed by atoms with Crippen molar-refractivity contribution in [3.63, 3.8) is 0 Å². The van der Waals surface area contributed by atoms with Gasteiger partial charge in [-0.05, 0) is 37.3 Å². The van der Waals surface area contributed by atoms with Gasteiger partial charge in [-0.3, -0.25) is 0 Å². The maximum absolute atomic E-state index is 12.5. The van der Waals surface area contributed by atoms with Gasteiger partial charge in [0, 0.05) is 11.4 Å². The van der Waals surface area contributed by atoms with E-state index < -0.39 is 5.97 Å². The van der Waals surface area contributed by atoms with Gasteiger partial charge >= 0.3 is 5.97 Å². The van der Waals surface area contributed by atoms with E-state index in [-0.39, 0.29) is 5.75 Å². The van der Waals surface area contributed by atoms with Gasteiger partial charge in [-0.1, -0.05) is 6.07 Å². The molecule has 6 nitrogen and oxygen atoms in total. The second kappa shape index (κ2) is 8.34. The fourth-order valence-electron chi connectivity index (χ4n) is 2.32. The van der Waals surface area contributed by atoms with Gasteiger partial charge in [0.25, 0.3) is 0 Å². The third-order valence-electron chi connectivity index (χ3n) is 3.62. The van der Waals surface area contributed by atoms with Crippen LogP contribution in [0.2, 0.25) is 0 Å². The first-order valence-electron chi connectivity index (χ1n) is 8.03. The molecule has 3 rings (SSSR count). The van der Waals surface area contributed by atoms with Crippen molar-refractivity contribution >= 4 is 17.3 Å². The highest BCUT2D eigenvalue weighted by atomic mass is 32.1. The van der Waals surface area contributed by atoms with Crippen LogP contribution < -0.4 is 14.2 Å². The highest BCUT2D eigenvalue weighted by Gasteiger charge is 2.14. The molecule has 0 aliphatic carbocycles. The monoisotopic (exact) mass is 380 g/mol. The van der Waals surface area contributed by atoms with Crippen LogP contribution in [0, 0.1) is 18.3 Å². The summed E-state index contributed by atoms with van der Waals surface area (Å²) in [5, 5.41) is 11.9. The first-order valence-corrected chi connectivity index (χ1v) is 8.91. The molecule has 0 atom stereocenters. The smallest absolute Gasteiger partial charge is 0.343 e. The van der Waals surface area contributed by atoms with Gasteiger partial charge < -0.3 is 14.2 Å². The first kappa shape index (κ1) is 18.4. The highest BCUT2D eigenvalue weighted by Crippen LogP contribution is 2.29. The Labute approximate surface area is 160 Å². The number of rotatable bonds is 6. The van der Waals surface area contributed by atoms with Crippen molar-refractivity contribution in [3.8, 4) is 23.3 Å². The first-order chi connectivity index (χ1) is 13.1. The molecule has 0 amide bonds. The minimum absolute atomic E-state index is 0.241. The summed E-state index contributed by atoms with van der Waals surface area (Å²) in [6.45, 7) is 2.26. The summed E-state index contributed by atoms with van der Waals surface area (Å²) in [7, 11) is 1.45. The number of carbonyl (C=O) groups is 1. The lowest BCUT2D eigenvalue weighted by Crippen LogP contribution is -2.09. The van der Waals surface area contributed by atoms with E-state index >= 15 is 0 Å². The van der Waals surface area contributed by atoms with Crippen molar-refractivity contribution < 1.29 is 19.0 Å². The second-order valence-electron chi connectivity index (χ2n) is 5.54. The van der Waals surface area contributed by atoms with Crippen LogP contribution in [0.4, 0.5) is 0 Å². The summed E-state index contributed by atoms with van der Waals surface area (Å²) in [6.07, 6.45) is 0. The van der Waals surface area contributed by atoms with E-state index in [2.05, 4.69) is 4.98 Å². The van der Waals surface area contributed by atoms with Crippen molar-refractivity contribution in [1.29, 1.82) is 5.26 Å². The van der Waals surface area contributed by atoms with Crippen LogP contribution in [0.3, 0.4) is 0 Å². The molecule has 1 heterocycles. The molecule has 136 valence electrons. The molecule has 0 aliphatic heterocycles. The van der Waals surface area contributed by atoms with E-state index in [4.69, 9.17) is 19.5 Å². The number of thiazole rings is 1. The summed E-state index contributed by atoms with van der Waals surface area (Å²) in [6, 6.07) is 13.3. The van der Waals surface area contributed by atoms with Gasteiger partial charge in [-0.15, -0.1) is 11.3 Å². The summed E-state index contributed by atoms with van der Waals surface area (Å²) >= 11 is 1.56. The molecule has 0 saturated heterocycles. The number of nitriles is 1. The molecule has 0 radical (unpaired) electrons.